The molecule has 7 heteroatoms. The fourth-order valence-electron chi connectivity index (χ4n) is 3.26. The zero-order valence-corrected chi connectivity index (χ0v) is 15.7. The van der Waals surface area contributed by atoms with Crippen molar-refractivity contribution in [2.45, 2.75) is 44.2 Å². The molecule has 1 saturated heterocycles. The highest BCUT2D eigenvalue weighted by Crippen LogP contribution is 2.31. The highest BCUT2D eigenvalue weighted by molar-refractivity contribution is 7.88. The Bertz CT molecular complexity index is 595. The Hall–Kier alpha value is -0.950. The van der Waals surface area contributed by atoms with Gasteiger partial charge in [-0.3, -0.25) is 4.90 Å². The number of hydrogen-bond donors (Lipinski definition) is 1. The van der Waals surface area contributed by atoms with Gasteiger partial charge in [0.25, 0.3) is 0 Å². The first-order valence-corrected chi connectivity index (χ1v) is 10.1. The number of halogens is 1. The topological polar surface area (TPSA) is 66.5 Å². The highest BCUT2D eigenvalue weighted by Gasteiger charge is 2.30. The highest BCUT2D eigenvalue weighted by atomic mass is 35.5. The van der Waals surface area contributed by atoms with Crippen molar-refractivity contribution in [2.24, 2.45) is 0 Å². The zero-order valence-electron chi connectivity index (χ0n) is 14.1. The maximum Gasteiger partial charge on any atom is 0.208 e. The Kier molecular flexibility index (Phi) is 8.91. The van der Waals surface area contributed by atoms with Crippen LogP contribution in [0.4, 0.5) is 0 Å². The first kappa shape index (κ1) is 21.1. The van der Waals surface area contributed by atoms with Gasteiger partial charge in [-0.2, -0.15) is 0 Å². The van der Waals surface area contributed by atoms with Crippen molar-refractivity contribution in [3.05, 3.63) is 35.9 Å². The smallest absolute Gasteiger partial charge is 0.208 e. The molecular formula is C17H27ClN2O3S. The molecule has 1 aromatic carbocycles. The Morgan fingerprint density at radius 3 is 2.58 bits per heavy atom. The molecule has 0 bridgehead atoms. The number of carbonyl (C=O) groups excluding carboxylic acids is 1. The fraction of sp³-hybridized carbons (Fsp3) is 0.588. The number of aldehydes is 1. The summed E-state index contributed by atoms with van der Waals surface area (Å²) in [6.45, 7) is 1.81. The predicted octanol–water partition coefficient (Wildman–Crippen LogP) is 2.53. The summed E-state index contributed by atoms with van der Waals surface area (Å²) in [6.07, 6.45) is 6.31. The Morgan fingerprint density at radius 1 is 1.25 bits per heavy atom. The molecule has 136 valence electrons. The van der Waals surface area contributed by atoms with Gasteiger partial charge in [-0.1, -0.05) is 30.3 Å². The number of hydrogen-bond acceptors (Lipinski definition) is 4. The van der Waals surface area contributed by atoms with Gasteiger partial charge in [0.15, 0.2) is 0 Å². The van der Waals surface area contributed by atoms with E-state index >= 15 is 0 Å². The third kappa shape index (κ3) is 6.89. The minimum Gasteiger partial charge on any atom is -0.303 e. The lowest BCUT2D eigenvalue weighted by Gasteiger charge is -2.40. The number of sulfonamides is 1. The van der Waals surface area contributed by atoms with Gasteiger partial charge in [0, 0.05) is 25.0 Å². The molecule has 2 atom stereocenters. The van der Waals surface area contributed by atoms with Gasteiger partial charge in [-0.25, -0.2) is 13.1 Å². The number of benzene rings is 1. The molecule has 1 aromatic rings. The van der Waals surface area contributed by atoms with Gasteiger partial charge in [0.2, 0.25) is 10.0 Å². The second-order valence-electron chi connectivity index (χ2n) is 6.24. The maximum absolute atomic E-state index is 11.5. The van der Waals surface area contributed by atoms with E-state index in [-0.39, 0.29) is 24.5 Å². The number of rotatable bonds is 8. The molecular weight excluding hydrogens is 348 g/mol. The summed E-state index contributed by atoms with van der Waals surface area (Å²) < 4.78 is 25.8. The van der Waals surface area contributed by atoms with Gasteiger partial charge >= 0.3 is 0 Å². The van der Waals surface area contributed by atoms with Gasteiger partial charge in [0.05, 0.1) is 6.26 Å². The van der Waals surface area contributed by atoms with Crippen LogP contribution in [0.1, 0.15) is 43.7 Å². The van der Waals surface area contributed by atoms with Crippen LogP contribution in [0, 0.1) is 0 Å². The van der Waals surface area contributed by atoms with Crippen LogP contribution in [-0.2, 0) is 14.8 Å². The zero-order chi connectivity index (χ0) is 16.7. The van der Waals surface area contributed by atoms with E-state index in [4.69, 9.17) is 0 Å². The van der Waals surface area contributed by atoms with Crippen LogP contribution in [0.25, 0.3) is 0 Å². The molecule has 1 aliphatic rings. The summed E-state index contributed by atoms with van der Waals surface area (Å²) in [5.41, 5.74) is 1.22. The van der Waals surface area contributed by atoms with Gasteiger partial charge in [0.1, 0.15) is 6.29 Å². The molecule has 0 radical (unpaired) electrons. The summed E-state index contributed by atoms with van der Waals surface area (Å²) in [5, 5.41) is 0. The van der Waals surface area contributed by atoms with E-state index in [1.165, 1.54) is 11.8 Å². The normalized spacial score (nSPS) is 21.9. The van der Waals surface area contributed by atoms with Gasteiger partial charge in [-0.05, 0) is 37.8 Å². The molecule has 24 heavy (non-hydrogen) atoms. The molecule has 0 aromatic heterocycles. The number of piperidine rings is 1. The Labute approximate surface area is 151 Å². The second kappa shape index (κ2) is 10.1. The average molecular weight is 375 g/mol. The van der Waals surface area contributed by atoms with Crippen molar-refractivity contribution in [2.75, 3.05) is 19.3 Å². The van der Waals surface area contributed by atoms with Gasteiger partial charge < -0.3 is 4.79 Å². The monoisotopic (exact) mass is 374 g/mol. The largest absolute Gasteiger partial charge is 0.303 e. The SMILES string of the molecule is CS(=O)(=O)NC1CCN(CCCCC=O)C(c2ccccc2)C1.Cl. The Balaban J connectivity index is 0.00000288. The molecule has 1 fully saturated rings. The quantitative estimate of drug-likeness (QED) is 0.561. The summed E-state index contributed by atoms with van der Waals surface area (Å²) >= 11 is 0. The lowest BCUT2D eigenvalue weighted by atomic mass is 9.92. The van der Waals surface area contributed by atoms with Gasteiger partial charge in [-0.15, -0.1) is 12.4 Å². The number of likely N-dealkylation sites (tertiary alicyclic amines) is 1. The lowest BCUT2D eigenvalue weighted by molar-refractivity contribution is -0.107. The average Bonchev–Trinajstić information content (AvgIpc) is 2.52. The molecule has 0 saturated carbocycles. The van der Waals surface area contributed by atoms with Crippen molar-refractivity contribution in [3.63, 3.8) is 0 Å². The predicted molar refractivity (Wildman–Crippen MR) is 98.9 cm³/mol. The maximum atomic E-state index is 11.5. The molecule has 1 aliphatic heterocycles. The molecule has 5 nitrogen and oxygen atoms in total. The van der Waals surface area contributed by atoms with Crippen LogP contribution in [-0.4, -0.2) is 45.0 Å². The standard InChI is InChI=1S/C17H26N2O3S.ClH/c1-23(21,22)18-16-10-12-19(11-6-3-7-13-20)17(14-16)15-8-4-2-5-9-15;/h2,4-5,8-9,13,16-18H,3,6-7,10-12,14H2,1H3;1H. The van der Waals surface area contributed by atoms with Crippen LogP contribution in [0.15, 0.2) is 30.3 Å². The lowest BCUT2D eigenvalue weighted by Crippen LogP contribution is -2.46. The van der Waals surface area contributed by atoms with E-state index in [0.717, 1.165) is 45.1 Å². The van der Waals surface area contributed by atoms with Crippen LogP contribution >= 0.6 is 12.4 Å². The number of nitrogens with one attached hydrogen (secondary N) is 1. The van der Waals surface area contributed by atoms with E-state index in [1.54, 1.807) is 0 Å². The number of unbranched alkanes of at least 4 members (excludes halogenated alkanes) is 2. The van der Waals surface area contributed by atoms with E-state index in [1.807, 2.05) is 18.2 Å². The van der Waals surface area contributed by atoms with Crippen LogP contribution in [0.2, 0.25) is 0 Å². The van der Waals surface area contributed by atoms with E-state index in [2.05, 4.69) is 21.8 Å². The molecule has 0 spiro atoms. The van der Waals surface area contributed by atoms with Crippen molar-refractivity contribution in [1.29, 1.82) is 0 Å². The molecule has 0 aliphatic carbocycles. The third-order valence-electron chi connectivity index (χ3n) is 4.30. The van der Waals surface area contributed by atoms with Crippen molar-refractivity contribution in [3.8, 4) is 0 Å². The number of carbonyl (C=O) groups is 1. The van der Waals surface area contributed by atoms with Crippen LogP contribution in [0.3, 0.4) is 0 Å². The van der Waals surface area contributed by atoms with E-state index in [0.29, 0.717) is 6.42 Å². The minimum atomic E-state index is -3.18. The summed E-state index contributed by atoms with van der Waals surface area (Å²) in [5.74, 6) is 0. The summed E-state index contributed by atoms with van der Waals surface area (Å²) in [6, 6.07) is 10.5. The summed E-state index contributed by atoms with van der Waals surface area (Å²) in [7, 11) is -3.18. The minimum absolute atomic E-state index is 0. The molecule has 2 unspecified atom stereocenters. The van der Waals surface area contributed by atoms with Crippen LogP contribution in [0.5, 0.6) is 0 Å². The molecule has 1 N–H and O–H groups in total. The van der Waals surface area contributed by atoms with E-state index < -0.39 is 10.0 Å². The van der Waals surface area contributed by atoms with E-state index in [9.17, 15) is 13.2 Å². The van der Waals surface area contributed by atoms with Crippen LogP contribution < -0.4 is 4.72 Å². The molecule has 0 amide bonds. The van der Waals surface area contributed by atoms with Crippen molar-refractivity contribution < 1.29 is 13.2 Å². The van der Waals surface area contributed by atoms with Crippen molar-refractivity contribution >= 4 is 28.7 Å². The second-order valence-corrected chi connectivity index (χ2v) is 8.02. The number of nitrogens with zero attached hydrogens (tertiary/aromatic N) is 1. The Morgan fingerprint density at radius 2 is 1.96 bits per heavy atom. The molecule has 1 heterocycles. The fourth-order valence-corrected chi connectivity index (χ4v) is 4.08. The summed E-state index contributed by atoms with van der Waals surface area (Å²) in [4.78, 5) is 12.9. The third-order valence-corrected chi connectivity index (χ3v) is 5.06. The first-order valence-electron chi connectivity index (χ1n) is 8.19. The molecule has 2 rings (SSSR count). The first-order chi connectivity index (χ1) is 11.0. The van der Waals surface area contributed by atoms with Crippen molar-refractivity contribution in [1.82, 2.24) is 9.62 Å².